The molecule has 1 N–H and O–H groups in total. The number of nitrogens with zero attached hydrogens (tertiary/aromatic N) is 1. The van der Waals surface area contributed by atoms with Crippen LogP contribution in [0, 0.1) is 5.92 Å². The van der Waals surface area contributed by atoms with Crippen molar-refractivity contribution in [1.29, 1.82) is 0 Å². The highest BCUT2D eigenvalue weighted by Gasteiger charge is 2.40. The Morgan fingerprint density at radius 3 is 2.75 bits per heavy atom. The number of amides is 1. The zero-order valence-electron chi connectivity index (χ0n) is 13.7. The molecule has 2 atom stereocenters. The van der Waals surface area contributed by atoms with Gasteiger partial charge in [0.2, 0.25) is 0 Å². The van der Waals surface area contributed by atoms with Crippen molar-refractivity contribution in [2.45, 2.75) is 31.8 Å². The summed E-state index contributed by atoms with van der Waals surface area (Å²) < 4.78 is 0. The van der Waals surface area contributed by atoms with Gasteiger partial charge in [-0.25, -0.2) is 0 Å². The molecule has 3 aliphatic rings. The van der Waals surface area contributed by atoms with Gasteiger partial charge in [0.15, 0.2) is 0 Å². The first-order valence-corrected chi connectivity index (χ1v) is 9.77. The molecule has 126 valence electrons. The number of piperidine rings is 3. The molecule has 1 aromatic heterocycles. The lowest BCUT2D eigenvalue weighted by atomic mass is 9.79. The van der Waals surface area contributed by atoms with Gasteiger partial charge in [0, 0.05) is 17.1 Å². The van der Waals surface area contributed by atoms with Gasteiger partial charge in [-0.15, -0.1) is 11.3 Å². The van der Waals surface area contributed by atoms with E-state index in [4.69, 9.17) is 11.6 Å². The third kappa shape index (κ3) is 2.99. The topological polar surface area (TPSA) is 32.3 Å². The minimum atomic E-state index is 0.0545. The Bertz CT molecular complexity index is 749. The fourth-order valence-corrected chi connectivity index (χ4v) is 5.05. The van der Waals surface area contributed by atoms with Crippen molar-refractivity contribution in [3.63, 3.8) is 0 Å². The first-order chi connectivity index (χ1) is 11.6. The Kier molecular flexibility index (Phi) is 4.37. The molecular formula is C19H21ClN2OS. The lowest BCUT2D eigenvalue weighted by molar-refractivity contribution is 0.0218. The number of benzene rings is 1. The lowest BCUT2D eigenvalue weighted by Crippen LogP contribution is -2.62. The summed E-state index contributed by atoms with van der Waals surface area (Å²) in [4.78, 5) is 16.0. The number of fused-ring (bicyclic) bond motifs is 3. The van der Waals surface area contributed by atoms with Crippen LogP contribution in [-0.2, 0) is 0 Å². The van der Waals surface area contributed by atoms with Gasteiger partial charge in [0.1, 0.15) is 0 Å². The fourth-order valence-electron chi connectivity index (χ4n) is 4.04. The number of hydrogen-bond donors (Lipinski definition) is 1. The van der Waals surface area contributed by atoms with Crippen molar-refractivity contribution < 1.29 is 4.79 Å². The van der Waals surface area contributed by atoms with Crippen LogP contribution >= 0.6 is 22.9 Å². The first kappa shape index (κ1) is 16.1. The lowest BCUT2D eigenvalue weighted by Gasteiger charge is -2.49. The van der Waals surface area contributed by atoms with Crippen molar-refractivity contribution >= 4 is 28.8 Å². The number of carbonyl (C=O) groups excluding carboxylic acids is 1. The van der Waals surface area contributed by atoms with E-state index in [2.05, 4.69) is 17.1 Å². The summed E-state index contributed by atoms with van der Waals surface area (Å²) >= 11 is 7.56. The van der Waals surface area contributed by atoms with Crippen LogP contribution in [0.2, 0.25) is 5.02 Å². The van der Waals surface area contributed by atoms with Crippen LogP contribution in [0.5, 0.6) is 0 Å². The molecule has 0 unspecified atom stereocenters. The van der Waals surface area contributed by atoms with Crippen molar-refractivity contribution in [3.8, 4) is 11.1 Å². The molecule has 1 aromatic carbocycles. The van der Waals surface area contributed by atoms with Crippen molar-refractivity contribution in [3.05, 3.63) is 45.6 Å². The van der Waals surface area contributed by atoms with Gasteiger partial charge in [0.25, 0.3) is 5.91 Å². The van der Waals surface area contributed by atoms with Gasteiger partial charge in [-0.2, -0.15) is 0 Å². The van der Waals surface area contributed by atoms with Crippen LogP contribution in [0.1, 0.15) is 29.4 Å². The van der Waals surface area contributed by atoms with E-state index in [9.17, 15) is 4.79 Å². The second-order valence-electron chi connectivity index (χ2n) is 6.82. The number of halogens is 1. The molecule has 3 fully saturated rings. The molecule has 0 radical (unpaired) electrons. The van der Waals surface area contributed by atoms with Crippen LogP contribution in [-0.4, -0.2) is 36.0 Å². The predicted octanol–water partition coefficient (Wildman–Crippen LogP) is 4.28. The molecule has 24 heavy (non-hydrogen) atoms. The largest absolute Gasteiger partial charge is 0.347 e. The third-order valence-corrected chi connectivity index (χ3v) is 6.62. The molecule has 5 rings (SSSR count). The molecule has 0 spiro atoms. The van der Waals surface area contributed by atoms with Gasteiger partial charge < -0.3 is 5.32 Å². The number of carbonyl (C=O) groups is 1. The highest BCUT2D eigenvalue weighted by atomic mass is 35.5. The number of rotatable bonds is 3. The summed E-state index contributed by atoms with van der Waals surface area (Å²) in [6.07, 6.45) is 2.40. The molecule has 3 aliphatic heterocycles. The van der Waals surface area contributed by atoms with Crippen LogP contribution < -0.4 is 5.32 Å². The normalized spacial score (nSPS) is 28.8. The molecular weight excluding hydrogens is 340 g/mol. The third-order valence-electron chi connectivity index (χ3n) is 5.46. The number of nitrogens with one attached hydrogen (secondary N) is 1. The number of hydrogen-bond acceptors (Lipinski definition) is 3. The highest BCUT2D eigenvalue weighted by molar-refractivity contribution is 7.12. The predicted molar refractivity (Wildman–Crippen MR) is 99.8 cm³/mol. The fraction of sp³-hybridized carbons (Fsp3) is 0.421. The maximum atomic E-state index is 12.7. The summed E-state index contributed by atoms with van der Waals surface area (Å²) in [5.41, 5.74) is 2.10. The molecule has 0 aliphatic carbocycles. The van der Waals surface area contributed by atoms with E-state index < -0.39 is 0 Å². The van der Waals surface area contributed by atoms with E-state index in [-0.39, 0.29) is 11.9 Å². The summed E-state index contributed by atoms with van der Waals surface area (Å²) in [7, 11) is 0. The van der Waals surface area contributed by atoms with Crippen molar-refractivity contribution in [2.75, 3.05) is 13.1 Å². The Balaban J connectivity index is 1.49. The SMILES string of the molecule is C[C@H]1[C@H](NC(=O)c2cc(-c3cccc(Cl)c3)cs2)C2CCN1CC2. The van der Waals surface area contributed by atoms with Gasteiger partial charge in [0.05, 0.1) is 4.88 Å². The second kappa shape index (κ2) is 6.51. The molecule has 1 amide bonds. The number of thiophene rings is 1. The zero-order valence-corrected chi connectivity index (χ0v) is 15.2. The standard InChI is InChI=1S/C19H21ClN2OS/c1-12-18(13-5-7-22(12)8-6-13)21-19(23)17-10-15(11-24-17)14-3-2-4-16(20)9-14/h2-4,9-13,18H,5-8H2,1H3,(H,21,23)/t12-,18-/m0/s1. The Morgan fingerprint density at radius 1 is 1.25 bits per heavy atom. The molecule has 5 heteroatoms. The van der Waals surface area contributed by atoms with Crippen LogP contribution in [0.3, 0.4) is 0 Å². The molecule has 3 saturated heterocycles. The van der Waals surface area contributed by atoms with Crippen LogP contribution in [0.4, 0.5) is 0 Å². The zero-order chi connectivity index (χ0) is 16.7. The quantitative estimate of drug-likeness (QED) is 0.885. The van der Waals surface area contributed by atoms with Crippen molar-refractivity contribution in [2.24, 2.45) is 5.92 Å². The van der Waals surface area contributed by atoms with Gasteiger partial charge in [-0.3, -0.25) is 9.69 Å². The Labute approximate surface area is 151 Å². The van der Waals surface area contributed by atoms with E-state index in [0.29, 0.717) is 17.0 Å². The van der Waals surface area contributed by atoms with E-state index in [1.807, 2.05) is 35.7 Å². The Hall–Kier alpha value is -1.36. The van der Waals surface area contributed by atoms with Gasteiger partial charge in [-0.1, -0.05) is 23.7 Å². The molecule has 3 nitrogen and oxygen atoms in total. The van der Waals surface area contributed by atoms with E-state index >= 15 is 0 Å². The summed E-state index contributed by atoms with van der Waals surface area (Å²) in [6.45, 7) is 4.59. The average Bonchev–Trinajstić information content (AvgIpc) is 3.09. The minimum Gasteiger partial charge on any atom is -0.347 e. The molecule has 2 bridgehead atoms. The summed E-state index contributed by atoms with van der Waals surface area (Å²) in [6, 6.07) is 10.4. The smallest absolute Gasteiger partial charge is 0.261 e. The maximum absolute atomic E-state index is 12.7. The summed E-state index contributed by atoms with van der Waals surface area (Å²) in [5.74, 6) is 0.681. The summed E-state index contributed by atoms with van der Waals surface area (Å²) in [5, 5.41) is 6.04. The molecule has 4 heterocycles. The monoisotopic (exact) mass is 360 g/mol. The second-order valence-corrected chi connectivity index (χ2v) is 8.17. The van der Waals surface area contributed by atoms with E-state index in [1.165, 1.54) is 37.3 Å². The molecule has 2 aromatic rings. The van der Waals surface area contributed by atoms with E-state index in [1.54, 1.807) is 0 Å². The van der Waals surface area contributed by atoms with Gasteiger partial charge in [-0.05, 0) is 73.5 Å². The Morgan fingerprint density at radius 2 is 2.04 bits per heavy atom. The van der Waals surface area contributed by atoms with Crippen LogP contribution in [0.15, 0.2) is 35.7 Å². The average molecular weight is 361 g/mol. The van der Waals surface area contributed by atoms with Gasteiger partial charge >= 0.3 is 0 Å². The molecule has 0 saturated carbocycles. The maximum Gasteiger partial charge on any atom is 0.261 e. The van der Waals surface area contributed by atoms with E-state index in [0.717, 1.165) is 16.0 Å². The van der Waals surface area contributed by atoms with Crippen molar-refractivity contribution in [1.82, 2.24) is 10.2 Å². The first-order valence-electron chi connectivity index (χ1n) is 8.51. The highest BCUT2D eigenvalue weighted by Crippen LogP contribution is 2.33. The minimum absolute atomic E-state index is 0.0545. The van der Waals surface area contributed by atoms with Crippen LogP contribution in [0.25, 0.3) is 11.1 Å².